The number of carbonyl (C=O) groups is 1. The predicted molar refractivity (Wildman–Crippen MR) is 62.3 cm³/mol. The van der Waals surface area contributed by atoms with Crippen LogP contribution in [0.4, 0.5) is 0 Å². The average Bonchev–Trinajstić information content (AvgIpc) is 2.96. The summed E-state index contributed by atoms with van der Waals surface area (Å²) in [5.41, 5.74) is 2.13. The lowest BCUT2D eigenvalue weighted by Crippen LogP contribution is -2.17. The van der Waals surface area contributed by atoms with Gasteiger partial charge in [0, 0.05) is 11.8 Å². The van der Waals surface area contributed by atoms with Crippen LogP contribution in [0, 0.1) is 0 Å². The normalized spacial score (nSPS) is 12.4. The van der Waals surface area contributed by atoms with Crippen LogP contribution in [0.15, 0.2) is 29.2 Å². The van der Waals surface area contributed by atoms with Gasteiger partial charge in [0.1, 0.15) is 6.04 Å². The molecule has 0 radical (unpaired) electrons. The zero-order valence-corrected chi connectivity index (χ0v) is 9.90. The van der Waals surface area contributed by atoms with Crippen LogP contribution in [0.2, 0.25) is 0 Å². The summed E-state index contributed by atoms with van der Waals surface area (Å²) in [6, 6.07) is 1.63. The highest BCUT2D eigenvalue weighted by Crippen LogP contribution is 2.22. The second-order valence-electron chi connectivity index (χ2n) is 3.42. The molecule has 2 aromatic rings. The standard InChI is InChI=1S/C11H12N2O2S/c1-8(11(14)15-2)13-6-10(5-12-13)9-3-4-16-7-9/h3-8H,1-2H3. The first-order valence-corrected chi connectivity index (χ1v) is 5.81. The number of thiophene rings is 1. The van der Waals surface area contributed by atoms with E-state index in [9.17, 15) is 4.79 Å². The summed E-state index contributed by atoms with van der Waals surface area (Å²) < 4.78 is 6.28. The van der Waals surface area contributed by atoms with Gasteiger partial charge in [0.05, 0.1) is 13.3 Å². The van der Waals surface area contributed by atoms with Crippen LogP contribution in [0.25, 0.3) is 11.1 Å². The number of rotatable bonds is 3. The molecule has 0 aliphatic rings. The minimum Gasteiger partial charge on any atom is -0.467 e. The van der Waals surface area contributed by atoms with E-state index >= 15 is 0 Å². The Morgan fingerprint density at radius 3 is 3.00 bits per heavy atom. The van der Waals surface area contributed by atoms with Crippen molar-refractivity contribution in [1.29, 1.82) is 0 Å². The molecule has 0 amide bonds. The Bertz CT molecular complexity index is 476. The topological polar surface area (TPSA) is 44.1 Å². The second-order valence-corrected chi connectivity index (χ2v) is 4.20. The minimum absolute atomic E-state index is 0.292. The summed E-state index contributed by atoms with van der Waals surface area (Å²) in [6.07, 6.45) is 3.60. The number of hydrogen-bond acceptors (Lipinski definition) is 4. The fourth-order valence-corrected chi connectivity index (χ4v) is 2.07. The van der Waals surface area contributed by atoms with Crippen molar-refractivity contribution in [1.82, 2.24) is 9.78 Å². The summed E-state index contributed by atoms with van der Waals surface area (Å²) in [4.78, 5) is 11.3. The van der Waals surface area contributed by atoms with Gasteiger partial charge in [-0.05, 0) is 29.3 Å². The van der Waals surface area contributed by atoms with Crippen molar-refractivity contribution in [3.8, 4) is 11.1 Å². The maximum atomic E-state index is 11.3. The van der Waals surface area contributed by atoms with Crippen LogP contribution in [0.3, 0.4) is 0 Å². The highest BCUT2D eigenvalue weighted by molar-refractivity contribution is 7.08. The Hall–Kier alpha value is -1.62. The fourth-order valence-electron chi connectivity index (χ4n) is 1.41. The van der Waals surface area contributed by atoms with Gasteiger partial charge in [-0.2, -0.15) is 16.4 Å². The molecule has 0 bridgehead atoms. The van der Waals surface area contributed by atoms with E-state index in [-0.39, 0.29) is 5.97 Å². The monoisotopic (exact) mass is 236 g/mol. The van der Waals surface area contributed by atoms with Gasteiger partial charge in [0.2, 0.25) is 0 Å². The zero-order chi connectivity index (χ0) is 11.5. The molecule has 16 heavy (non-hydrogen) atoms. The van der Waals surface area contributed by atoms with Crippen LogP contribution in [-0.2, 0) is 9.53 Å². The summed E-state index contributed by atoms with van der Waals surface area (Å²) >= 11 is 1.63. The van der Waals surface area contributed by atoms with Crippen molar-refractivity contribution >= 4 is 17.3 Å². The molecule has 1 atom stereocenters. The third-order valence-electron chi connectivity index (χ3n) is 2.40. The smallest absolute Gasteiger partial charge is 0.330 e. The van der Waals surface area contributed by atoms with Crippen molar-refractivity contribution < 1.29 is 9.53 Å². The van der Waals surface area contributed by atoms with E-state index in [0.29, 0.717) is 0 Å². The molecule has 0 spiro atoms. The SMILES string of the molecule is COC(=O)C(C)n1cc(-c2ccsc2)cn1. The molecular weight excluding hydrogens is 224 g/mol. The van der Waals surface area contributed by atoms with Crippen molar-refractivity contribution in [2.45, 2.75) is 13.0 Å². The molecule has 0 aromatic carbocycles. The van der Waals surface area contributed by atoms with Crippen LogP contribution in [0.1, 0.15) is 13.0 Å². The molecule has 2 rings (SSSR count). The molecule has 4 nitrogen and oxygen atoms in total. The van der Waals surface area contributed by atoms with E-state index in [4.69, 9.17) is 0 Å². The first-order valence-electron chi connectivity index (χ1n) is 4.87. The predicted octanol–water partition coefficient (Wildman–Crippen LogP) is 2.35. The highest BCUT2D eigenvalue weighted by atomic mass is 32.1. The van der Waals surface area contributed by atoms with E-state index in [1.165, 1.54) is 7.11 Å². The molecule has 0 fully saturated rings. The lowest BCUT2D eigenvalue weighted by atomic mass is 10.2. The largest absolute Gasteiger partial charge is 0.467 e. The molecule has 1 unspecified atom stereocenters. The van der Waals surface area contributed by atoms with Gasteiger partial charge in [-0.25, -0.2) is 4.79 Å². The Balaban J connectivity index is 2.23. The van der Waals surface area contributed by atoms with E-state index in [1.807, 2.05) is 23.0 Å². The highest BCUT2D eigenvalue weighted by Gasteiger charge is 2.16. The van der Waals surface area contributed by atoms with Gasteiger partial charge >= 0.3 is 5.97 Å². The molecule has 2 heterocycles. The number of nitrogens with zero attached hydrogens (tertiary/aromatic N) is 2. The first-order chi connectivity index (χ1) is 7.72. The quantitative estimate of drug-likeness (QED) is 0.768. The maximum absolute atomic E-state index is 11.3. The molecule has 2 aromatic heterocycles. The summed E-state index contributed by atoms with van der Waals surface area (Å²) in [5.74, 6) is -0.292. The van der Waals surface area contributed by atoms with Crippen LogP contribution in [-0.4, -0.2) is 22.9 Å². The Kier molecular flexibility index (Phi) is 3.05. The lowest BCUT2D eigenvalue weighted by Gasteiger charge is -2.08. The van der Waals surface area contributed by atoms with Crippen molar-refractivity contribution in [3.05, 3.63) is 29.2 Å². The zero-order valence-electron chi connectivity index (χ0n) is 9.08. The van der Waals surface area contributed by atoms with E-state index < -0.39 is 6.04 Å². The molecular formula is C11H12N2O2S. The van der Waals surface area contributed by atoms with Gasteiger partial charge in [0.25, 0.3) is 0 Å². The Morgan fingerprint density at radius 1 is 1.56 bits per heavy atom. The molecule has 0 N–H and O–H groups in total. The fraction of sp³-hybridized carbons (Fsp3) is 0.273. The van der Waals surface area contributed by atoms with Gasteiger partial charge in [-0.3, -0.25) is 4.68 Å². The van der Waals surface area contributed by atoms with E-state index in [0.717, 1.165) is 11.1 Å². The molecule has 0 saturated heterocycles. The summed E-state index contributed by atoms with van der Waals surface area (Å²) in [5, 5.41) is 8.22. The number of hydrogen-bond donors (Lipinski definition) is 0. The number of carbonyl (C=O) groups excluding carboxylic acids is 1. The molecule has 84 valence electrons. The summed E-state index contributed by atoms with van der Waals surface area (Å²) in [7, 11) is 1.38. The molecule has 5 heteroatoms. The maximum Gasteiger partial charge on any atom is 0.330 e. The van der Waals surface area contributed by atoms with Crippen molar-refractivity contribution in [2.75, 3.05) is 7.11 Å². The minimum atomic E-state index is -0.391. The summed E-state index contributed by atoms with van der Waals surface area (Å²) in [6.45, 7) is 1.76. The third kappa shape index (κ3) is 1.99. The van der Waals surface area contributed by atoms with Crippen LogP contribution in [0.5, 0.6) is 0 Å². The Morgan fingerprint density at radius 2 is 2.38 bits per heavy atom. The third-order valence-corrected chi connectivity index (χ3v) is 3.08. The molecule has 0 aliphatic heterocycles. The van der Waals surface area contributed by atoms with Gasteiger partial charge < -0.3 is 4.74 Å². The van der Waals surface area contributed by atoms with Crippen molar-refractivity contribution in [3.63, 3.8) is 0 Å². The number of methoxy groups -OCH3 is 1. The number of esters is 1. The molecule has 0 aliphatic carbocycles. The van der Waals surface area contributed by atoms with Gasteiger partial charge in [0.15, 0.2) is 0 Å². The van der Waals surface area contributed by atoms with E-state index in [1.54, 1.807) is 29.1 Å². The number of aromatic nitrogens is 2. The van der Waals surface area contributed by atoms with Crippen molar-refractivity contribution in [2.24, 2.45) is 0 Å². The number of ether oxygens (including phenoxy) is 1. The van der Waals surface area contributed by atoms with Gasteiger partial charge in [-0.15, -0.1) is 0 Å². The average molecular weight is 236 g/mol. The lowest BCUT2D eigenvalue weighted by molar-refractivity contribution is -0.144. The van der Waals surface area contributed by atoms with E-state index in [2.05, 4.69) is 9.84 Å². The first kappa shape index (κ1) is 10.9. The Labute approximate surface area is 97.5 Å². The van der Waals surface area contributed by atoms with Crippen LogP contribution >= 0.6 is 11.3 Å². The molecule has 0 saturated carbocycles. The second kappa shape index (κ2) is 4.49. The van der Waals surface area contributed by atoms with Crippen LogP contribution < -0.4 is 0 Å². The van der Waals surface area contributed by atoms with Gasteiger partial charge in [-0.1, -0.05) is 0 Å².